The number of hydrogen-bond acceptors (Lipinski definition) is 5. The third-order valence-electron chi connectivity index (χ3n) is 3.63. The standard InChI is InChI=1S/C14H23ClN4O/c1-3-20-7-6-18-4-5-19(11(2)10-18)14-8-13(16)12(15)9-17-14/h8-9,11H,3-7,10H2,1-2H3,(H2,16,17)/t11-/m0/s1. The zero-order valence-electron chi connectivity index (χ0n) is 12.2. The van der Waals surface area contributed by atoms with Gasteiger partial charge in [-0.05, 0) is 13.8 Å². The summed E-state index contributed by atoms with van der Waals surface area (Å²) in [7, 11) is 0. The number of nitrogens with two attached hydrogens (primary N) is 1. The number of piperazine rings is 1. The largest absolute Gasteiger partial charge is 0.397 e. The molecule has 0 amide bonds. The number of anilines is 2. The fourth-order valence-electron chi connectivity index (χ4n) is 2.51. The molecule has 0 bridgehead atoms. The molecular formula is C14H23ClN4O. The van der Waals surface area contributed by atoms with E-state index in [-0.39, 0.29) is 0 Å². The smallest absolute Gasteiger partial charge is 0.130 e. The summed E-state index contributed by atoms with van der Waals surface area (Å²) in [5, 5.41) is 0.511. The molecule has 0 unspecified atom stereocenters. The molecule has 0 spiro atoms. The van der Waals surface area contributed by atoms with Crippen LogP contribution in [0.25, 0.3) is 0 Å². The van der Waals surface area contributed by atoms with Gasteiger partial charge in [0.25, 0.3) is 0 Å². The molecule has 1 fully saturated rings. The predicted octanol–water partition coefficient (Wildman–Crippen LogP) is 1.86. The van der Waals surface area contributed by atoms with E-state index in [0.717, 1.165) is 45.2 Å². The summed E-state index contributed by atoms with van der Waals surface area (Å²) in [4.78, 5) is 9.09. The topological polar surface area (TPSA) is 54.6 Å². The van der Waals surface area contributed by atoms with Crippen molar-refractivity contribution in [1.29, 1.82) is 0 Å². The second-order valence-corrected chi connectivity index (χ2v) is 5.51. The molecule has 0 aliphatic carbocycles. The van der Waals surface area contributed by atoms with Crippen LogP contribution in [0.5, 0.6) is 0 Å². The highest BCUT2D eigenvalue weighted by atomic mass is 35.5. The van der Waals surface area contributed by atoms with E-state index in [0.29, 0.717) is 16.8 Å². The minimum atomic E-state index is 0.401. The molecule has 2 rings (SSSR count). The Balaban J connectivity index is 1.93. The van der Waals surface area contributed by atoms with Crippen LogP contribution in [0.3, 0.4) is 0 Å². The molecular weight excluding hydrogens is 276 g/mol. The first-order valence-electron chi connectivity index (χ1n) is 7.09. The Morgan fingerprint density at radius 1 is 1.50 bits per heavy atom. The van der Waals surface area contributed by atoms with Gasteiger partial charge in [-0.25, -0.2) is 4.98 Å². The maximum absolute atomic E-state index is 5.92. The Bertz CT molecular complexity index is 443. The van der Waals surface area contributed by atoms with E-state index in [2.05, 4.69) is 21.7 Å². The van der Waals surface area contributed by atoms with Gasteiger partial charge in [0.15, 0.2) is 0 Å². The normalized spacial score (nSPS) is 20.4. The molecule has 2 heterocycles. The summed E-state index contributed by atoms with van der Waals surface area (Å²) in [6.07, 6.45) is 1.63. The van der Waals surface area contributed by atoms with Gasteiger partial charge in [-0.1, -0.05) is 11.6 Å². The second kappa shape index (κ2) is 7.11. The van der Waals surface area contributed by atoms with Gasteiger partial charge >= 0.3 is 0 Å². The Morgan fingerprint density at radius 2 is 2.30 bits per heavy atom. The number of halogens is 1. The van der Waals surface area contributed by atoms with Crippen LogP contribution in [0.15, 0.2) is 12.3 Å². The van der Waals surface area contributed by atoms with E-state index in [1.54, 1.807) is 6.20 Å². The highest BCUT2D eigenvalue weighted by Crippen LogP contribution is 2.24. The first kappa shape index (κ1) is 15.4. The zero-order valence-corrected chi connectivity index (χ0v) is 12.9. The molecule has 0 saturated carbocycles. The molecule has 2 N–H and O–H groups in total. The number of pyridine rings is 1. The SMILES string of the molecule is CCOCCN1CCN(c2cc(N)c(Cl)cn2)[C@@H](C)C1. The van der Waals surface area contributed by atoms with Crippen molar-refractivity contribution in [3.63, 3.8) is 0 Å². The van der Waals surface area contributed by atoms with Gasteiger partial charge in [0, 0.05) is 51.1 Å². The maximum atomic E-state index is 5.92. The van der Waals surface area contributed by atoms with Crippen LogP contribution in [0, 0.1) is 0 Å². The molecule has 1 atom stereocenters. The first-order valence-corrected chi connectivity index (χ1v) is 7.47. The van der Waals surface area contributed by atoms with Crippen molar-refractivity contribution >= 4 is 23.1 Å². The number of hydrogen-bond donors (Lipinski definition) is 1. The fourth-order valence-corrected chi connectivity index (χ4v) is 2.62. The Labute approximate surface area is 125 Å². The molecule has 1 aromatic heterocycles. The van der Waals surface area contributed by atoms with Crippen molar-refractivity contribution < 1.29 is 4.74 Å². The van der Waals surface area contributed by atoms with E-state index >= 15 is 0 Å². The minimum absolute atomic E-state index is 0.401. The summed E-state index contributed by atoms with van der Waals surface area (Å²) >= 11 is 5.92. The van der Waals surface area contributed by atoms with E-state index < -0.39 is 0 Å². The minimum Gasteiger partial charge on any atom is -0.397 e. The molecule has 1 aromatic rings. The van der Waals surface area contributed by atoms with Crippen molar-refractivity contribution in [3.8, 4) is 0 Å². The van der Waals surface area contributed by atoms with Crippen molar-refractivity contribution in [2.45, 2.75) is 19.9 Å². The van der Waals surface area contributed by atoms with Crippen LogP contribution >= 0.6 is 11.6 Å². The van der Waals surface area contributed by atoms with Gasteiger partial charge in [0.2, 0.25) is 0 Å². The van der Waals surface area contributed by atoms with Crippen molar-refractivity contribution in [1.82, 2.24) is 9.88 Å². The highest BCUT2D eigenvalue weighted by Gasteiger charge is 2.24. The summed E-state index contributed by atoms with van der Waals surface area (Å²) in [5.41, 5.74) is 6.44. The van der Waals surface area contributed by atoms with E-state index in [1.807, 2.05) is 13.0 Å². The third kappa shape index (κ3) is 3.75. The molecule has 6 heteroatoms. The molecule has 112 valence electrons. The first-order chi connectivity index (χ1) is 9.61. The lowest BCUT2D eigenvalue weighted by Crippen LogP contribution is -2.52. The van der Waals surface area contributed by atoms with Crippen molar-refractivity contribution in [2.24, 2.45) is 0 Å². The van der Waals surface area contributed by atoms with Crippen LogP contribution in [0.2, 0.25) is 5.02 Å². The fraction of sp³-hybridized carbons (Fsp3) is 0.643. The van der Waals surface area contributed by atoms with Crippen LogP contribution in [-0.4, -0.2) is 55.3 Å². The van der Waals surface area contributed by atoms with Crippen molar-refractivity contribution in [2.75, 3.05) is 50.0 Å². The predicted molar refractivity (Wildman–Crippen MR) is 83.4 cm³/mol. The average molecular weight is 299 g/mol. The number of nitrogens with zero attached hydrogens (tertiary/aromatic N) is 3. The van der Waals surface area contributed by atoms with Crippen LogP contribution in [0.1, 0.15) is 13.8 Å². The second-order valence-electron chi connectivity index (χ2n) is 5.10. The number of aromatic nitrogens is 1. The Hall–Kier alpha value is -1.04. The number of ether oxygens (including phenoxy) is 1. The molecule has 5 nitrogen and oxygen atoms in total. The van der Waals surface area contributed by atoms with E-state index in [1.165, 1.54) is 0 Å². The maximum Gasteiger partial charge on any atom is 0.130 e. The van der Waals surface area contributed by atoms with E-state index in [4.69, 9.17) is 22.1 Å². The molecule has 1 saturated heterocycles. The van der Waals surface area contributed by atoms with Gasteiger partial charge in [-0.3, -0.25) is 4.90 Å². The lowest BCUT2D eigenvalue weighted by Gasteiger charge is -2.40. The number of nitrogen functional groups attached to an aromatic ring is 1. The van der Waals surface area contributed by atoms with Crippen LogP contribution in [-0.2, 0) is 4.74 Å². The number of rotatable bonds is 5. The van der Waals surface area contributed by atoms with Crippen LogP contribution < -0.4 is 10.6 Å². The van der Waals surface area contributed by atoms with Gasteiger partial charge in [-0.15, -0.1) is 0 Å². The van der Waals surface area contributed by atoms with Gasteiger partial charge < -0.3 is 15.4 Å². The van der Waals surface area contributed by atoms with Crippen molar-refractivity contribution in [3.05, 3.63) is 17.3 Å². The quantitative estimate of drug-likeness (QED) is 0.841. The molecule has 0 aromatic carbocycles. The third-order valence-corrected chi connectivity index (χ3v) is 3.95. The monoisotopic (exact) mass is 298 g/mol. The highest BCUT2D eigenvalue weighted by molar-refractivity contribution is 6.32. The van der Waals surface area contributed by atoms with E-state index in [9.17, 15) is 0 Å². The molecule has 20 heavy (non-hydrogen) atoms. The molecule has 0 radical (unpaired) electrons. The summed E-state index contributed by atoms with van der Waals surface area (Å²) in [6, 6.07) is 2.26. The molecule has 1 aliphatic rings. The zero-order chi connectivity index (χ0) is 14.5. The lowest BCUT2D eigenvalue weighted by atomic mass is 10.2. The average Bonchev–Trinajstić information content (AvgIpc) is 2.43. The Morgan fingerprint density at radius 3 is 2.95 bits per heavy atom. The molecule has 1 aliphatic heterocycles. The summed E-state index contributed by atoms with van der Waals surface area (Å²) in [6.45, 7) is 9.78. The van der Waals surface area contributed by atoms with Gasteiger partial charge in [0.05, 0.1) is 17.3 Å². The summed E-state index contributed by atoms with van der Waals surface area (Å²) < 4.78 is 5.41. The Kier molecular flexibility index (Phi) is 5.46. The van der Waals surface area contributed by atoms with Gasteiger partial charge in [-0.2, -0.15) is 0 Å². The van der Waals surface area contributed by atoms with Gasteiger partial charge in [0.1, 0.15) is 5.82 Å². The lowest BCUT2D eigenvalue weighted by molar-refractivity contribution is 0.106. The summed E-state index contributed by atoms with van der Waals surface area (Å²) in [5.74, 6) is 0.906. The van der Waals surface area contributed by atoms with Crippen LogP contribution in [0.4, 0.5) is 11.5 Å².